The lowest BCUT2D eigenvalue weighted by molar-refractivity contribution is 0.0598. The summed E-state index contributed by atoms with van der Waals surface area (Å²) in [7, 11) is 1.24. The minimum absolute atomic E-state index is 0.0515. The molecule has 3 heterocycles. The van der Waals surface area contributed by atoms with Crippen molar-refractivity contribution >= 4 is 28.8 Å². The van der Waals surface area contributed by atoms with E-state index in [1.807, 2.05) is 6.07 Å². The molecule has 22 heavy (non-hydrogen) atoms. The Hall–Kier alpha value is -3.41. The lowest BCUT2D eigenvalue weighted by Crippen LogP contribution is -2.04. The van der Waals surface area contributed by atoms with Crippen molar-refractivity contribution in [1.29, 1.82) is 5.26 Å². The Morgan fingerprint density at radius 2 is 2.27 bits per heavy atom. The Morgan fingerprint density at radius 3 is 3.00 bits per heavy atom. The molecule has 2 N–H and O–H groups in total. The third-order valence-electron chi connectivity index (χ3n) is 3.04. The molecular formula is C13H10N6O3. The lowest BCUT2D eigenvalue weighted by Gasteiger charge is -2.02. The van der Waals surface area contributed by atoms with Crippen molar-refractivity contribution in [2.75, 3.05) is 12.4 Å². The van der Waals surface area contributed by atoms with Crippen molar-refractivity contribution in [2.45, 2.75) is 6.92 Å². The van der Waals surface area contributed by atoms with Crippen LogP contribution < -0.4 is 5.32 Å². The van der Waals surface area contributed by atoms with Gasteiger partial charge >= 0.3 is 5.97 Å². The minimum Gasteiger partial charge on any atom is -0.465 e. The van der Waals surface area contributed by atoms with Crippen molar-refractivity contribution in [3.8, 4) is 6.07 Å². The number of nitrogens with zero attached hydrogens (tertiary/aromatic N) is 4. The first-order chi connectivity index (χ1) is 10.7. The Balaban J connectivity index is 2.08. The predicted octanol–water partition coefficient (Wildman–Crippen LogP) is 1.66. The molecular weight excluding hydrogens is 288 g/mol. The van der Waals surface area contributed by atoms with Crippen LogP contribution in [0.15, 0.2) is 17.1 Å². The van der Waals surface area contributed by atoms with E-state index in [0.717, 1.165) is 0 Å². The van der Waals surface area contributed by atoms with Crippen molar-refractivity contribution in [3.05, 3.63) is 29.5 Å². The highest BCUT2D eigenvalue weighted by molar-refractivity contribution is 5.96. The van der Waals surface area contributed by atoms with Gasteiger partial charge in [0.2, 0.25) is 5.88 Å². The van der Waals surface area contributed by atoms with Crippen LogP contribution in [-0.2, 0) is 4.74 Å². The number of methoxy groups -OCH3 is 1. The van der Waals surface area contributed by atoms with Gasteiger partial charge in [0.25, 0.3) is 0 Å². The van der Waals surface area contributed by atoms with Gasteiger partial charge in [0.15, 0.2) is 11.5 Å². The number of aromatic nitrogens is 4. The molecule has 0 unspecified atom stereocenters. The first-order valence-corrected chi connectivity index (χ1v) is 6.18. The van der Waals surface area contributed by atoms with E-state index in [4.69, 9.17) is 4.42 Å². The zero-order chi connectivity index (χ0) is 15.7. The van der Waals surface area contributed by atoms with Gasteiger partial charge < -0.3 is 19.5 Å². The number of carbonyl (C=O) groups excluding carboxylic acids is 1. The second kappa shape index (κ2) is 5.17. The number of ether oxygens (including phenoxy) is 1. The van der Waals surface area contributed by atoms with Crippen LogP contribution in [0.25, 0.3) is 11.2 Å². The van der Waals surface area contributed by atoms with Crippen molar-refractivity contribution in [2.24, 2.45) is 0 Å². The Labute approximate surface area is 124 Å². The number of anilines is 2. The number of carbonyl (C=O) groups is 1. The fourth-order valence-corrected chi connectivity index (χ4v) is 2.05. The van der Waals surface area contributed by atoms with E-state index in [2.05, 4.69) is 30.0 Å². The molecule has 0 saturated heterocycles. The molecule has 0 spiro atoms. The fraction of sp³-hybridized carbons (Fsp3) is 0.154. The van der Waals surface area contributed by atoms with E-state index in [-0.39, 0.29) is 22.8 Å². The summed E-state index contributed by atoms with van der Waals surface area (Å²) in [5.41, 5.74) is 1.16. The van der Waals surface area contributed by atoms with Gasteiger partial charge in [-0.3, -0.25) is 0 Å². The predicted molar refractivity (Wildman–Crippen MR) is 74.5 cm³/mol. The molecule has 0 saturated carbocycles. The SMILES string of the molecule is COC(=O)c1c(C)oc(Nc2ncnc3nc[nH]c23)c1C#N. The molecule has 9 nitrogen and oxygen atoms in total. The van der Waals surface area contributed by atoms with Crippen molar-refractivity contribution in [3.63, 3.8) is 0 Å². The standard InChI is InChI=1S/C13H10N6O3/c1-6-8(13(20)21-2)7(3-14)12(22-6)19-11-9-10(16-4-15-9)17-5-18-11/h4-5H,1-2H3,(H2,15,16,17,18,19). The van der Waals surface area contributed by atoms with E-state index < -0.39 is 5.97 Å². The Morgan fingerprint density at radius 1 is 1.45 bits per heavy atom. The van der Waals surface area contributed by atoms with Gasteiger partial charge in [0.05, 0.1) is 13.4 Å². The van der Waals surface area contributed by atoms with Gasteiger partial charge in [-0.2, -0.15) is 5.26 Å². The zero-order valence-electron chi connectivity index (χ0n) is 11.7. The number of hydrogen-bond acceptors (Lipinski definition) is 8. The molecule has 0 bridgehead atoms. The molecule has 3 aromatic rings. The summed E-state index contributed by atoms with van der Waals surface area (Å²) in [6.45, 7) is 1.57. The number of furan rings is 1. The normalized spacial score (nSPS) is 10.4. The number of fused-ring (bicyclic) bond motifs is 1. The molecule has 9 heteroatoms. The molecule has 3 aromatic heterocycles. The highest BCUT2D eigenvalue weighted by atomic mass is 16.5. The number of aryl methyl sites for hydroxylation is 1. The minimum atomic E-state index is -0.639. The van der Waals surface area contributed by atoms with Crippen molar-refractivity contribution < 1.29 is 13.9 Å². The molecule has 0 amide bonds. The quantitative estimate of drug-likeness (QED) is 0.698. The van der Waals surface area contributed by atoms with E-state index in [9.17, 15) is 10.1 Å². The highest BCUT2D eigenvalue weighted by Gasteiger charge is 2.25. The van der Waals surface area contributed by atoms with Crippen LogP contribution >= 0.6 is 0 Å². The number of hydrogen-bond donors (Lipinski definition) is 2. The third-order valence-corrected chi connectivity index (χ3v) is 3.04. The summed E-state index contributed by atoms with van der Waals surface area (Å²) in [5, 5.41) is 12.2. The average Bonchev–Trinajstić information content (AvgIpc) is 3.11. The summed E-state index contributed by atoms with van der Waals surface area (Å²) in [4.78, 5) is 26.7. The first-order valence-electron chi connectivity index (χ1n) is 6.18. The first kappa shape index (κ1) is 13.6. The number of nitriles is 1. The highest BCUT2D eigenvalue weighted by Crippen LogP contribution is 2.30. The molecule has 3 rings (SSSR count). The van der Waals surface area contributed by atoms with Crippen LogP contribution in [0.5, 0.6) is 0 Å². The van der Waals surface area contributed by atoms with Crippen LogP contribution in [0.4, 0.5) is 11.7 Å². The van der Waals surface area contributed by atoms with E-state index >= 15 is 0 Å². The molecule has 0 aliphatic carbocycles. The monoisotopic (exact) mass is 298 g/mol. The van der Waals surface area contributed by atoms with E-state index in [0.29, 0.717) is 17.0 Å². The zero-order valence-corrected chi connectivity index (χ0v) is 11.7. The molecule has 0 aliphatic heterocycles. The van der Waals surface area contributed by atoms with Gasteiger partial charge in [-0.25, -0.2) is 19.7 Å². The summed E-state index contributed by atoms with van der Waals surface area (Å²) in [5.74, 6) is 0.125. The average molecular weight is 298 g/mol. The molecule has 0 atom stereocenters. The van der Waals surface area contributed by atoms with Crippen LogP contribution in [0.2, 0.25) is 0 Å². The van der Waals surface area contributed by atoms with Crippen LogP contribution in [-0.4, -0.2) is 33.0 Å². The largest absolute Gasteiger partial charge is 0.465 e. The topological polar surface area (TPSA) is 130 Å². The number of aromatic amines is 1. The molecule has 0 aromatic carbocycles. The fourth-order valence-electron chi connectivity index (χ4n) is 2.05. The maximum absolute atomic E-state index is 11.7. The lowest BCUT2D eigenvalue weighted by atomic mass is 10.1. The third kappa shape index (κ3) is 2.03. The molecule has 0 aliphatic rings. The summed E-state index contributed by atoms with van der Waals surface area (Å²) in [6, 6.07) is 1.94. The Kier molecular flexibility index (Phi) is 3.19. The van der Waals surface area contributed by atoms with Gasteiger partial charge in [-0.1, -0.05) is 0 Å². The van der Waals surface area contributed by atoms with Crippen LogP contribution in [0.1, 0.15) is 21.7 Å². The van der Waals surface area contributed by atoms with E-state index in [1.54, 1.807) is 6.92 Å². The maximum Gasteiger partial charge on any atom is 0.342 e. The maximum atomic E-state index is 11.7. The molecule has 110 valence electrons. The van der Waals surface area contributed by atoms with Gasteiger partial charge in [0, 0.05) is 0 Å². The number of H-pyrrole nitrogens is 1. The van der Waals surface area contributed by atoms with Crippen LogP contribution in [0.3, 0.4) is 0 Å². The summed E-state index contributed by atoms with van der Waals surface area (Å²) >= 11 is 0. The molecule has 0 fully saturated rings. The number of imidazole rings is 1. The van der Waals surface area contributed by atoms with Gasteiger partial charge in [0.1, 0.15) is 34.8 Å². The molecule has 0 radical (unpaired) electrons. The second-order valence-electron chi connectivity index (χ2n) is 4.29. The number of rotatable bonds is 3. The smallest absolute Gasteiger partial charge is 0.342 e. The van der Waals surface area contributed by atoms with Crippen molar-refractivity contribution in [1.82, 2.24) is 19.9 Å². The second-order valence-corrected chi connectivity index (χ2v) is 4.29. The number of esters is 1. The Bertz CT molecular complexity index is 904. The summed E-state index contributed by atoms with van der Waals surface area (Å²) < 4.78 is 10.1. The van der Waals surface area contributed by atoms with Gasteiger partial charge in [-0.15, -0.1) is 0 Å². The summed E-state index contributed by atoms with van der Waals surface area (Å²) in [6.07, 6.45) is 2.80. The number of nitrogens with one attached hydrogen (secondary N) is 2. The van der Waals surface area contributed by atoms with Crippen LogP contribution in [0, 0.1) is 18.3 Å². The van der Waals surface area contributed by atoms with Gasteiger partial charge in [-0.05, 0) is 6.92 Å². The van der Waals surface area contributed by atoms with E-state index in [1.165, 1.54) is 19.8 Å².